The number of aromatic nitrogens is 1. The Labute approximate surface area is 155 Å². The van der Waals surface area contributed by atoms with Gasteiger partial charge in [0.25, 0.3) is 0 Å². The van der Waals surface area contributed by atoms with Crippen molar-refractivity contribution in [1.29, 1.82) is 0 Å². The highest BCUT2D eigenvalue weighted by Crippen LogP contribution is 2.36. The molecule has 2 saturated heterocycles. The van der Waals surface area contributed by atoms with E-state index >= 15 is 0 Å². The minimum atomic E-state index is -0.437. The molecule has 0 bridgehead atoms. The Bertz CT molecular complexity index is 671. The second kappa shape index (κ2) is 7.17. The van der Waals surface area contributed by atoms with E-state index in [1.807, 2.05) is 46.8 Å². The van der Waals surface area contributed by atoms with Crippen molar-refractivity contribution in [3.8, 4) is 0 Å². The quantitative estimate of drug-likeness (QED) is 0.365. The highest BCUT2D eigenvalue weighted by Gasteiger charge is 2.52. The zero-order chi connectivity index (χ0) is 18.9. The molecule has 8 heteroatoms. The lowest BCUT2D eigenvalue weighted by Crippen LogP contribution is -2.41. The number of pyridine rings is 1. The Morgan fingerprint density at radius 2 is 1.92 bits per heavy atom. The van der Waals surface area contributed by atoms with Crippen LogP contribution < -0.4 is 16.6 Å². The van der Waals surface area contributed by atoms with Crippen LogP contribution in [0.2, 0.25) is 0 Å². The van der Waals surface area contributed by atoms with Crippen LogP contribution in [0.4, 0.5) is 0 Å². The number of nitrogens with one attached hydrogen (secondary N) is 1. The summed E-state index contributed by atoms with van der Waals surface area (Å²) in [7, 11) is -0.437. The van der Waals surface area contributed by atoms with Crippen molar-refractivity contribution < 1.29 is 14.0 Å². The SMILES string of the molecule is Cc1nc(/C(N)=N/NC2CCCCO2)ccc1B1OC(C)(C)C(C)(C)O1. The molecule has 142 valence electrons. The predicted molar refractivity (Wildman–Crippen MR) is 102 cm³/mol. The molecular weight excluding hydrogens is 331 g/mol. The normalized spacial score (nSPS) is 25.3. The maximum Gasteiger partial charge on any atom is 0.496 e. The summed E-state index contributed by atoms with van der Waals surface area (Å²) >= 11 is 0. The predicted octanol–water partition coefficient (Wildman–Crippen LogP) is 1.43. The number of amidine groups is 1. The molecule has 3 heterocycles. The number of hydrazone groups is 1. The number of rotatable bonds is 4. The van der Waals surface area contributed by atoms with E-state index < -0.39 is 7.12 Å². The Morgan fingerprint density at radius 1 is 1.23 bits per heavy atom. The van der Waals surface area contributed by atoms with E-state index in [2.05, 4.69) is 15.5 Å². The maximum absolute atomic E-state index is 6.11. The van der Waals surface area contributed by atoms with Gasteiger partial charge in [-0.15, -0.1) is 0 Å². The molecule has 7 nitrogen and oxygen atoms in total. The van der Waals surface area contributed by atoms with E-state index in [9.17, 15) is 0 Å². The second-order valence-electron chi connectivity index (χ2n) is 7.94. The topological polar surface area (TPSA) is 91.0 Å². The van der Waals surface area contributed by atoms with Crippen LogP contribution in [0.3, 0.4) is 0 Å². The molecular formula is C18H29BN4O3. The Kier molecular flexibility index (Phi) is 5.28. The number of hydrogen-bond acceptors (Lipinski definition) is 6. The molecule has 1 aromatic heterocycles. The molecule has 2 aliphatic heterocycles. The van der Waals surface area contributed by atoms with Crippen LogP contribution in [-0.2, 0) is 14.0 Å². The molecule has 0 aromatic carbocycles. The lowest BCUT2D eigenvalue weighted by molar-refractivity contribution is -0.00452. The first-order chi connectivity index (χ1) is 12.2. The fourth-order valence-electron chi connectivity index (χ4n) is 2.97. The van der Waals surface area contributed by atoms with Gasteiger partial charge >= 0.3 is 7.12 Å². The first-order valence-corrected chi connectivity index (χ1v) is 9.23. The smallest absolute Gasteiger partial charge is 0.399 e. The van der Waals surface area contributed by atoms with Gasteiger partial charge in [-0.3, -0.25) is 10.4 Å². The van der Waals surface area contributed by atoms with Crippen LogP contribution in [0.25, 0.3) is 0 Å². The third-order valence-corrected chi connectivity index (χ3v) is 5.40. The van der Waals surface area contributed by atoms with Gasteiger partial charge < -0.3 is 19.8 Å². The molecule has 2 fully saturated rings. The number of aryl methyl sites for hydroxylation is 1. The summed E-state index contributed by atoms with van der Waals surface area (Å²) in [5.74, 6) is 0.336. The molecule has 0 amide bonds. The van der Waals surface area contributed by atoms with Crippen LogP contribution >= 0.6 is 0 Å². The third-order valence-electron chi connectivity index (χ3n) is 5.40. The van der Waals surface area contributed by atoms with Crippen molar-refractivity contribution in [1.82, 2.24) is 10.4 Å². The second-order valence-corrected chi connectivity index (χ2v) is 7.94. The number of hydrogen-bond donors (Lipinski definition) is 2. The maximum atomic E-state index is 6.11. The van der Waals surface area contributed by atoms with Gasteiger partial charge in [0.15, 0.2) is 5.84 Å². The number of nitrogens with zero attached hydrogens (tertiary/aromatic N) is 2. The summed E-state index contributed by atoms with van der Waals surface area (Å²) in [6.07, 6.45) is 3.09. The van der Waals surface area contributed by atoms with Gasteiger partial charge in [-0.2, -0.15) is 5.10 Å². The van der Waals surface area contributed by atoms with E-state index in [1.165, 1.54) is 0 Å². The van der Waals surface area contributed by atoms with Crippen LogP contribution in [-0.4, -0.2) is 42.0 Å². The van der Waals surface area contributed by atoms with Crippen LogP contribution in [0.5, 0.6) is 0 Å². The number of nitrogens with two attached hydrogens (primary N) is 1. The van der Waals surface area contributed by atoms with Crippen molar-refractivity contribution in [2.75, 3.05) is 6.61 Å². The third kappa shape index (κ3) is 3.87. The summed E-state index contributed by atoms with van der Waals surface area (Å²) in [5.41, 5.74) is 10.6. The standard InChI is InChI=1S/C18H29BN4O3/c1-12-13(19-25-17(2,3)18(4,5)26-19)9-10-14(21-12)16(20)23-22-15-8-6-7-11-24-15/h9-10,15,22H,6-8,11H2,1-5H3,(H2,20,23). The zero-order valence-corrected chi connectivity index (χ0v) is 16.3. The number of ether oxygens (including phenoxy) is 1. The first-order valence-electron chi connectivity index (χ1n) is 9.23. The minimum Gasteiger partial charge on any atom is -0.399 e. The molecule has 3 rings (SSSR count). The van der Waals surface area contributed by atoms with Gasteiger partial charge in [0.2, 0.25) is 0 Å². The van der Waals surface area contributed by atoms with Crippen molar-refractivity contribution in [3.05, 3.63) is 23.5 Å². The van der Waals surface area contributed by atoms with E-state index in [0.717, 1.165) is 37.0 Å². The van der Waals surface area contributed by atoms with Crippen LogP contribution in [0.15, 0.2) is 17.2 Å². The average Bonchev–Trinajstić information content (AvgIpc) is 2.81. The fourth-order valence-corrected chi connectivity index (χ4v) is 2.97. The molecule has 3 N–H and O–H groups in total. The highest BCUT2D eigenvalue weighted by molar-refractivity contribution is 6.62. The van der Waals surface area contributed by atoms with E-state index in [0.29, 0.717) is 11.5 Å². The summed E-state index contributed by atoms with van der Waals surface area (Å²) in [5, 5.41) is 4.23. The van der Waals surface area contributed by atoms with Crippen molar-refractivity contribution >= 4 is 18.4 Å². The molecule has 0 radical (unpaired) electrons. The van der Waals surface area contributed by atoms with Crippen LogP contribution in [0.1, 0.15) is 58.3 Å². The van der Waals surface area contributed by atoms with E-state index in [1.54, 1.807) is 0 Å². The largest absolute Gasteiger partial charge is 0.496 e. The first kappa shape index (κ1) is 19.1. The molecule has 1 aromatic rings. The monoisotopic (exact) mass is 360 g/mol. The molecule has 0 spiro atoms. The van der Waals surface area contributed by atoms with Gasteiger partial charge in [0.1, 0.15) is 11.9 Å². The summed E-state index contributed by atoms with van der Waals surface area (Å²) < 4.78 is 17.8. The lowest BCUT2D eigenvalue weighted by Gasteiger charge is -2.32. The summed E-state index contributed by atoms with van der Waals surface area (Å²) in [4.78, 5) is 4.58. The highest BCUT2D eigenvalue weighted by atomic mass is 16.7. The summed E-state index contributed by atoms with van der Waals surface area (Å²) in [6.45, 7) is 10.8. The molecule has 1 unspecified atom stereocenters. The van der Waals surface area contributed by atoms with E-state index in [-0.39, 0.29) is 17.4 Å². The van der Waals surface area contributed by atoms with Crippen LogP contribution in [0, 0.1) is 6.92 Å². The Hall–Kier alpha value is -1.64. The van der Waals surface area contributed by atoms with Gasteiger partial charge in [0, 0.05) is 17.8 Å². The minimum absolute atomic E-state index is 0.0765. The Balaban J connectivity index is 1.71. The van der Waals surface area contributed by atoms with Gasteiger partial charge in [-0.25, -0.2) is 0 Å². The van der Waals surface area contributed by atoms with Crippen molar-refractivity contribution in [2.45, 2.75) is 71.3 Å². The Morgan fingerprint density at radius 3 is 2.50 bits per heavy atom. The van der Waals surface area contributed by atoms with E-state index in [4.69, 9.17) is 19.8 Å². The van der Waals surface area contributed by atoms with Crippen molar-refractivity contribution in [3.63, 3.8) is 0 Å². The summed E-state index contributed by atoms with van der Waals surface area (Å²) in [6, 6.07) is 3.79. The van der Waals surface area contributed by atoms with Gasteiger partial charge in [0.05, 0.1) is 11.2 Å². The molecule has 1 atom stereocenters. The van der Waals surface area contributed by atoms with Crippen molar-refractivity contribution in [2.24, 2.45) is 10.8 Å². The lowest BCUT2D eigenvalue weighted by atomic mass is 9.78. The molecule has 0 aliphatic carbocycles. The van der Waals surface area contributed by atoms with Gasteiger partial charge in [-0.05, 0) is 59.9 Å². The molecule has 0 saturated carbocycles. The molecule has 26 heavy (non-hydrogen) atoms. The fraction of sp³-hybridized carbons (Fsp3) is 0.667. The average molecular weight is 360 g/mol. The zero-order valence-electron chi connectivity index (χ0n) is 16.3. The molecule has 2 aliphatic rings. The van der Waals surface area contributed by atoms with Gasteiger partial charge in [-0.1, -0.05) is 6.07 Å².